The van der Waals surface area contributed by atoms with Crippen LogP contribution in [0, 0.1) is 29.6 Å². The topological polar surface area (TPSA) is 40.5 Å². The first-order valence-electron chi connectivity index (χ1n) is 5.48. The van der Waals surface area contributed by atoms with Crippen LogP contribution in [0.1, 0.15) is 26.2 Å². The predicted octanol–water partition coefficient (Wildman–Crippen LogP) is 1.27. The standard InChI is InChI=1S/C11H20O2/c1-7(5-12)10-3-8-2-9(6-13)11(10)4-8/h7-13H,2-6H2,1H3. The van der Waals surface area contributed by atoms with Crippen LogP contribution in [-0.4, -0.2) is 23.4 Å². The Balaban J connectivity index is 2.01. The van der Waals surface area contributed by atoms with E-state index in [1.54, 1.807) is 0 Å². The lowest BCUT2D eigenvalue weighted by Gasteiger charge is -2.31. The Morgan fingerprint density at radius 2 is 2.00 bits per heavy atom. The van der Waals surface area contributed by atoms with E-state index in [4.69, 9.17) is 5.11 Å². The van der Waals surface area contributed by atoms with Crippen molar-refractivity contribution in [2.24, 2.45) is 29.6 Å². The molecule has 0 aliphatic heterocycles. The van der Waals surface area contributed by atoms with Crippen molar-refractivity contribution in [3.63, 3.8) is 0 Å². The van der Waals surface area contributed by atoms with Crippen molar-refractivity contribution >= 4 is 0 Å². The van der Waals surface area contributed by atoms with Crippen molar-refractivity contribution in [2.75, 3.05) is 13.2 Å². The van der Waals surface area contributed by atoms with E-state index in [-0.39, 0.29) is 0 Å². The Labute approximate surface area is 80.0 Å². The molecule has 0 saturated heterocycles. The van der Waals surface area contributed by atoms with Gasteiger partial charge in [-0.25, -0.2) is 0 Å². The average Bonchev–Trinajstić information content (AvgIpc) is 2.74. The minimum Gasteiger partial charge on any atom is -0.396 e. The zero-order chi connectivity index (χ0) is 9.42. The smallest absolute Gasteiger partial charge is 0.0462 e. The van der Waals surface area contributed by atoms with Crippen LogP contribution in [0.4, 0.5) is 0 Å². The molecule has 5 atom stereocenters. The molecular formula is C11H20O2. The van der Waals surface area contributed by atoms with Crippen LogP contribution < -0.4 is 0 Å². The summed E-state index contributed by atoms with van der Waals surface area (Å²) in [5, 5.41) is 18.3. The second-order valence-electron chi connectivity index (χ2n) is 5.00. The lowest BCUT2D eigenvalue weighted by atomic mass is 9.75. The molecule has 2 aliphatic rings. The summed E-state index contributed by atoms with van der Waals surface area (Å²) in [5.41, 5.74) is 0. The Bertz CT molecular complexity index is 181. The molecule has 0 spiro atoms. The molecule has 2 fully saturated rings. The van der Waals surface area contributed by atoms with Gasteiger partial charge in [0, 0.05) is 13.2 Å². The molecule has 0 aromatic heterocycles. The van der Waals surface area contributed by atoms with E-state index >= 15 is 0 Å². The number of aliphatic hydroxyl groups excluding tert-OH is 2. The van der Waals surface area contributed by atoms with E-state index in [1.165, 1.54) is 19.3 Å². The first-order chi connectivity index (χ1) is 6.26. The number of hydrogen-bond donors (Lipinski definition) is 2. The molecule has 0 aromatic carbocycles. The minimum atomic E-state index is 0.312. The second kappa shape index (κ2) is 3.58. The van der Waals surface area contributed by atoms with Crippen LogP contribution in [0.3, 0.4) is 0 Å². The van der Waals surface area contributed by atoms with Crippen LogP contribution in [-0.2, 0) is 0 Å². The van der Waals surface area contributed by atoms with Gasteiger partial charge in [-0.05, 0) is 48.9 Å². The van der Waals surface area contributed by atoms with Gasteiger partial charge in [0.25, 0.3) is 0 Å². The predicted molar refractivity (Wildman–Crippen MR) is 51.1 cm³/mol. The molecule has 0 radical (unpaired) electrons. The van der Waals surface area contributed by atoms with Gasteiger partial charge in [-0.2, -0.15) is 0 Å². The fourth-order valence-electron chi connectivity index (χ4n) is 3.55. The van der Waals surface area contributed by atoms with Gasteiger partial charge < -0.3 is 10.2 Å². The van der Waals surface area contributed by atoms with E-state index in [9.17, 15) is 5.11 Å². The molecule has 2 rings (SSSR count). The zero-order valence-electron chi connectivity index (χ0n) is 8.32. The van der Waals surface area contributed by atoms with Crippen molar-refractivity contribution < 1.29 is 10.2 Å². The van der Waals surface area contributed by atoms with Crippen molar-refractivity contribution in [1.82, 2.24) is 0 Å². The summed E-state index contributed by atoms with van der Waals surface area (Å²) in [6.07, 6.45) is 3.83. The second-order valence-corrected chi connectivity index (χ2v) is 5.00. The van der Waals surface area contributed by atoms with Crippen molar-refractivity contribution in [1.29, 1.82) is 0 Å². The average molecular weight is 184 g/mol. The summed E-state index contributed by atoms with van der Waals surface area (Å²) in [5.74, 6) is 3.21. The quantitative estimate of drug-likeness (QED) is 0.693. The Morgan fingerprint density at radius 3 is 2.54 bits per heavy atom. The van der Waals surface area contributed by atoms with Gasteiger partial charge in [0.05, 0.1) is 0 Å². The SMILES string of the molecule is CC(CO)C1CC2CC(CO)C1C2. The minimum absolute atomic E-state index is 0.312. The maximum atomic E-state index is 9.20. The van der Waals surface area contributed by atoms with E-state index in [2.05, 4.69) is 6.92 Å². The molecule has 0 heterocycles. The van der Waals surface area contributed by atoms with Gasteiger partial charge in [-0.1, -0.05) is 6.92 Å². The third-order valence-corrected chi connectivity index (χ3v) is 4.26. The number of fused-ring (bicyclic) bond motifs is 2. The molecule has 2 bridgehead atoms. The first kappa shape index (κ1) is 9.47. The molecule has 0 aromatic rings. The maximum Gasteiger partial charge on any atom is 0.0462 e. The first-order valence-corrected chi connectivity index (χ1v) is 5.48. The van der Waals surface area contributed by atoms with Crippen LogP contribution in [0.2, 0.25) is 0 Å². The Morgan fingerprint density at radius 1 is 1.23 bits per heavy atom. The molecule has 0 amide bonds. The fraction of sp³-hybridized carbons (Fsp3) is 1.00. The molecule has 2 N–H and O–H groups in total. The Hall–Kier alpha value is -0.0800. The molecule has 76 valence electrons. The highest BCUT2D eigenvalue weighted by Gasteiger charge is 2.47. The van der Waals surface area contributed by atoms with Gasteiger partial charge >= 0.3 is 0 Å². The number of aliphatic hydroxyl groups is 2. The van der Waals surface area contributed by atoms with Gasteiger partial charge in [0.2, 0.25) is 0 Å². The summed E-state index contributed by atoms with van der Waals surface area (Å²) in [6.45, 7) is 2.81. The van der Waals surface area contributed by atoms with Crippen LogP contribution in [0.5, 0.6) is 0 Å². The Kier molecular flexibility index (Phi) is 2.61. The maximum absolute atomic E-state index is 9.20. The number of hydrogen-bond acceptors (Lipinski definition) is 2. The fourth-order valence-corrected chi connectivity index (χ4v) is 3.55. The molecular weight excluding hydrogens is 164 g/mol. The molecule has 2 nitrogen and oxygen atoms in total. The summed E-state index contributed by atoms with van der Waals surface area (Å²) in [7, 11) is 0. The normalized spacial score (nSPS) is 45.5. The summed E-state index contributed by atoms with van der Waals surface area (Å²) in [6, 6.07) is 0. The van der Waals surface area contributed by atoms with Crippen LogP contribution in [0.25, 0.3) is 0 Å². The highest BCUT2D eigenvalue weighted by atomic mass is 16.3. The summed E-state index contributed by atoms with van der Waals surface area (Å²) in [4.78, 5) is 0. The third-order valence-electron chi connectivity index (χ3n) is 4.26. The summed E-state index contributed by atoms with van der Waals surface area (Å²) >= 11 is 0. The van der Waals surface area contributed by atoms with Crippen molar-refractivity contribution in [3.8, 4) is 0 Å². The monoisotopic (exact) mass is 184 g/mol. The van der Waals surface area contributed by atoms with Crippen LogP contribution >= 0.6 is 0 Å². The molecule has 13 heavy (non-hydrogen) atoms. The van der Waals surface area contributed by atoms with E-state index in [0.29, 0.717) is 36.9 Å². The lowest BCUT2D eigenvalue weighted by Crippen LogP contribution is -2.28. The van der Waals surface area contributed by atoms with E-state index in [0.717, 1.165) is 5.92 Å². The van der Waals surface area contributed by atoms with Gasteiger partial charge in [-0.15, -0.1) is 0 Å². The van der Waals surface area contributed by atoms with E-state index in [1.807, 2.05) is 0 Å². The molecule has 2 aliphatic carbocycles. The van der Waals surface area contributed by atoms with Gasteiger partial charge in [0.15, 0.2) is 0 Å². The molecule has 2 saturated carbocycles. The highest BCUT2D eigenvalue weighted by molar-refractivity contribution is 4.96. The largest absolute Gasteiger partial charge is 0.396 e. The lowest BCUT2D eigenvalue weighted by molar-refractivity contribution is 0.0897. The third kappa shape index (κ3) is 1.50. The molecule has 2 heteroatoms. The number of rotatable bonds is 3. The van der Waals surface area contributed by atoms with Gasteiger partial charge in [0.1, 0.15) is 0 Å². The van der Waals surface area contributed by atoms with Crippen molar-refractivity contribution in [2.45, 2.75) is 26.2 Å². The van der Waals surface area contributed by atoms with Gasteiger partial charge in [-0.3, -0.25) is 0 Å². The molecule has 5 unspecified atom stereocenters. The van der Waals surface area contributed by atoms with Crippen molar-refractivity contribution in [3.05, 3.63) is 0 Å². The zero-order valence-corrected chi connectivity index (χ0v) is 8.32. The van der Waals surface area contributed by atoms with E-state index < -0.39 is 0 Å². The highest BCUT2D eigenvalue weighted by Crippen LogP contribution is 2.53. The van der Waals surface area contributed by atoms with Crippen LogP contribution in [0.15, 0.2) is 0 Å². The summed E-state index contributed by atoms with van der Waals surface area (Å²) < 4.78 is 0.